The Bertz CT molecular complexity index is 1700. The molecule has 9 nitrogen and oxygen atoms in total. The number of aryl methyl sites for hydroxylation is 1. The van der Waals surface area contributed by atoms with Crippen molar-refractivity contribution in [1.29, 1.82) is 0 Å². The third-order valence-electron chi connectivity index (χ3n) is 7.39. The number of aromatic nitrogens is 4. The number of hydrogen-bond donors (Lipinski definition) is 2. The molecule has 0 spiro atoms. The van der Waals surface area contributed by atoms with Crippen molar-refractivity contribution in [3.8, 4) is 11.5 Å². The molecule has 0 saturated carbocycles. The molecule has 3 aromatic carbocycles. The highest BCUT2D eigenvalue weighted by molar-refractivity contribution is 6.35. The zero-order valence-corrected chi connectivity index (χ0v) is 24.5. The lowest BCUT2D eigenvalue weighted by Gasteiger charge is -2.38. The minimum Gasteiger partial charge on any atom is -0.488 e. The summed E-state index contributed by atoms with van der Waals surface area (Å²) < 4.78 is 16.4. The van der Waals surface area contributed by atoms with Crippen LogP contribution in [0.15, 0.2) is 73.2 Å². The fourth-order valence-corrected chi connectivity index (χ4v) is 5.62. The summed E-state index contributed by atoms with van der Waals surface area (Å²) in [7, 11) is 0. The van der Waals surface area contributed by atoms with Crippen LogP contribution in [0.25, 0.3) is 11.0 Å². The maximum Gasteiger partial charge on any atom is 0.178 e. The summed E-state index contributed by atoms with van der Waals surface area (Å²) in [6.45, 7) is 5.99. The Labute approximate surface area is 253 Å². The Kier molecular flexibility index (Phi) is 8.37. The van der Waals surface area contributed by atoms with Crippen molar-refractivity contribution in [3.05, 3.63) is 106 Å². The number of aliphatic hydroxyl groups excluding tert-OH is 1. The molecule has 0 unspecified atom stereocenters. The van der Waals surface area contributed by atoms with E-state index in [1.807, 2.05) is 42.9 Å². The summed E-state index contributed by atoms with van der Waals surface area (Å²) in [4.78, 5) is 11.5. The third kappa shape index (κ3) is 6.25. The van der Waals surface area contributed by atoms with Crippen LogP contribution in [-0.2, 0) is 26.2 Å². The standard InChI is InChI=1S/C31H31Cl2N5O4/c1-2-37-19-34-13-23(37)14-38-28-11-21(31(39)40)6-8-27(28)35-30(38)17-36-15-25(16-36)42-24-5-3-4-20(10-24)18-41-29-9-7-22(32)12-26(29)33/h3-13,19,25,31,39-40H,2,14-18H2,1H3. The van der Waals surface area contributed by atoms with E-state index in [4.69, 9.17) is 37.7 Å². The van der Waals surface area contributed by atoms with Gasteiger partial charge in [-0.2, -0.15) is 0 Å². The van der Waals surface area contributed by atoms with Crippen molar-refractivity contribution in [3.63, 3.8) is 0 Å². The third-order valence-corrected chi connectivity index (χ3v) is 7.92. The Morgan fingerprint density at radius 1 is 1.02 bits per heavy atom. The van der Waals surface area contributed by atoms with Crippen molar-refractivity contribution in [2.75, 3.05) is 13.1 Å². The predicted octanol–water partition coefficient (Wildman–Crippen LogP) is 5.43. The lowest BCUT2D eigenvalue weighted by Crippen LogP contribution is -2.53. The number of imidazole rings is 2. The van der Waals surface area contributed by atoms with Crippen molar-refractivity contribution < 1.29 is 19.7 Å². The smallest absolute Gasteiger partial charge is 0.178 e. The van der Waals surface area contributed by atoms with E-state index >= 15 is 0 Å². The zero-order chi connectivity index (χ0) is 29.2. The predicted molar refractivity (Wildman–Crippen MR) is 161 cm³/mol. The van der Waals surface area contributed by atoms with Crippen LogP contribution < -0.4 is 9.47 Å². The molecule has 2 N–H and O–H groups in total. The molecule has 6 rings (SSSR count). The maximum absolute atomic E-state index is 9.75. The maximum atomic E-state index is 9.75. The lowest BCUT2D eigenvalue weighted by molar-refractivity contribution is -0.0424. The van der Waals surface area contributed by atoms with E-state index < -0.39 is 6.29 Å². The molecule has 0 radical (unpaired) electrons. The number of nitrogens with zero attached hydrogens (tertiary/aromatic N) is 5. The molecule has 1 fully saturated rings. The van der Waals surface area contributed by atoms with Gasteiger partial charge in [0.05, 0.1) is 41.2 Å². The second-order valence-electron chi connectivity index (χ2n) is 10.4. The quantitative estimate of drug-likeness (QED) is 0.193. The van der Waals surface area contributed by atoms with E-state index in [0.29, 0.717) is 41.1 Å². The number of aliphatic hydroxyl groups is 2. The molecule has 2 aromatic heterocycles. The Balaban J connectivity index is 1.11. The Morgan fingerprint density at radius 3 is 2.67 bits per heavy atom. The second-order valence-corrected chi connectivity index (χ2v) is 11.2. The molecule has 218 valence electrons. The van der Waals surface area contributed by atoms with Crippen LogP contribution in [0.1, 0.15) is 35.9 Å². The van der Waals surface area contributed by atoms with Gasteiger partial charge in [-0.3, -0.25) is 4.90 Å². The summed E-state index contributed by atoms with van der Waals surface area (Å²) in [6, 6.07) is 18.4. The first kappa shape index (κ1) is 28.5. The SMILES string of the molecule is CCn1cncc1Cn1c(CN2CC(Oc3cccc(COc4ccc(Cl)cc4Cl)c3)C2)nc2ccc(C(O)O)cc21. The average molecular weight is 609 g/mol. The molecule has 5 aromatic rings. The molecule has 1 aliphatic heterocycles. The van der Waals surface area contributed by atoms with E-state index in [9.17, 15) is 10.2 Å². The summed E-state index contributed by atoms with van der Waals surface area (Å²) in [5.74, 6) is 2.27. The van der Waals surface area contributed by atoms with Gasteiger partial charge in [0.2, 0.25) is 0 Å². The number of likely N-dealkylation sites (tertiary alicyclic amines) is 1. The number of hydrogen-bond acceptors (Lipinski definition) is 7. The first-order valence-corrected chi connectivity index (χ1v) is 14.5. The van der Waals surface area contributed by atoms with Gasteiger partial charge in [-0.1, -0.05) is 41.4 Å². The van der Waals surface area contributed by atoms with Crippen molar-refractivity contribution >= 4 is 34.2 Å². The van der Waals surface area contributed by atoms with Crippen LogP contribution in [0.4, 0.5) is 0 Å². The van der Waals surface area contributed by atoms with Crippen LogP contribution in [0.3, 0.4) is 0 Å². The van der Waals surface area contributed by atoms with Crippen molar-refractivity contribution in [1.82, 2.24) is 24.0 Å². The van der Waals surface area contributed by atoms with Crippen molar-refractivity contribution in [2.24, 2.45) is 0 Å². The highest BCUT2D eigenvalue weighted by Crippen LogP contribution is 2.29. The Hall–Kier alpha value is -3.60. The average Bonchev–Trinajstić information content (AvgIpc) is 3.55. The van der Waals surface area contributed by atoms with Crippen LogP contribution in [0, 0.1) is 0 Å². The molecule has 0 atom stereocenters. The highest BCUT2D eigenvalue weighted by Gasteiger charge is 2.30. The van der Waals surface area contributed by atoms with Crippen LogP contribution in [0.5, 0.6) is 11.5 Å². The normalized spacial score (nSPS) is 14.0. The topological polar surface area (TPSA) is 97.8 Å². The molecule has 0 bridgehead atoms. The van der Waals surface area contributed by atoms with Crippen LogP contribution in [-0.4, -0.2) is 53.4 Å². The number of halogens is 2. The van der Waals surface area contributed by atoms with E-state index in [2.05, 4.69) is 25.9 Å². The largest absolute Gasteiger partial charge is 0.488 e. The summed E-state index contributed by atoms with van der Waals surface area (Å²) in [5, 5.41) is 20.5. The van der Waals surface area contributed by atoms with Crippen LogP contribution >= 0.6 is 23.2 Å². The van der Waals surface area contributed by atoms with E-state index in [0.717, 1.165) is 53.5 Å². The molecule has 42 heavy (non-hydrogen) atoms. The van der Waals surface area contributed by atoms with E-state index in [-0.39, 0.29) is 6.10 Å². The number of ether oxygens (including phenoxy) is 2. The molecule has 3 heterocycles. The fourth-order valence-electron chi connectivity index (χ4n) is 5.15. The second kappa shape index (κ2) is 12.3. The molecular weight excluding hydrogens is 577 g/mol. The van der Waals surface area contributed by atoms with Gasteiger partial charge in [-0.25, -0.2) is 9.97 Å². The molecular formula is C31H31Cl2N5O4. The van der Waals surface area contributed by atoms with Gasteiger partial charge in [0.25, 0.3) is 0 Å². The van der Waals surface area contributed by atoms with Gasteiger partial charge >= 0.3 is 0 Å². The minimum absolute atomic E-state index is 0.0577. The number of fused-ring (bicyclic) bond motifs is 1. The number of rotatable bonds is 11. The van der Waals surface area contributed by atoms with Gasteiger partial charge in [-0.15, -0.1) is 0 Å². The van der Waals surface area contributed by atoms with Gasteiger partial charge in [0, 0.05) is 36.4 Å². The first-order valence-electron chi connectivity index (χ1n) is 13.8. The summed E-state index contributed by atoms with van der Waals surface area (Å²) in [5.41, 5.74) is 4.12. The molecule has 0 amide bonds. The molecule has 1 saturated heterocycles. The Morgan fingerprint density at radius 2 is 1.88 bits per heavy atom. The summed E-state index contributed by atoms with van der Waals surface area (Å²) in [6.07, 6.45) is 2.20. The van der Waals surface area contributed by atoms with Gasteiger partial charge < -0.3 is 28.8 Å². The minimum atomic E-state index is -1.55. The van der Waals surface area contributed by atoms with Gasteiger partial charge in [-0.05, 0) is 55.0 Å². The van der Waals surface area contributed by atoms with E-state index in [1.165, 1.54) is 0 Å². The molecule has 11 heteroatoms. The zero-order valence-electron chi connectivity index (χ0n) is 23.0. The highest BCUT2D eigenvalue weighted by atomic mass is 35.5. The van der Waals surface area contributed by atoms with Crippen LogP contribution in [0.2, 0.25) is 10.0 Å². The molecule has 1 aliphatic rings. The molecule has 0 aliphatic carbocycles. The fraction of sp³-hybridized carbons (Fsp3) is 0.290. The monoisotopic (exact) mass is 607 g/mol. The van der Waals surface area contributed by atoms with Gasteiger partial charge in [0.1, 0.15) is 30.0 Å². The van der Waals surface area contributed by atoms with Gasteiger partial charge in [0.15, 0.2) is 6.29 Å². The first-order chi connectivity index (χ1) is 20.4. The van der Waals surface area contributed by atoms with E-state index in [1.54, 1.807) is 30.3 Å². The van der Waals surface area contributed by atoms with Crippen molar-refractivity contribution in [2.45, 2.75) is 45.6 Å². The summed E-state index contributed by atoms with van der Waals surface area (Å²) >= 11 is 12.2. The lowest BCUT2D eigenvalue weighted by atomic mass is 10.1. The number of benzene rings is 3.